The molecule has 1 N–H and O–H groups in total. The van der Waals surface area contributed by atoms with Crippen LogP contribution in [0.15, 0.2) is 60.9 Å². The van der Waals surface area contributed by atoms with Crippen molar-refractivity contribution in [1.82, 2.24) is 15.1 Å². The van der Waals surface area contributed by atoms with E-state index in [1.165, 1.54) is 0 Å². The van der Waals surface area contributed by atoms with Gasteiger partial charge in [-0.1, -0.05) is 41.9 Å². The second-order valence-corrected chi connectivity index (χ2v) is 5.96. The van der Waals surface area contributed by atoms with Gasteiger partial charge in [-0.25, -0.2) is 0 Å². The molecule has 0 atom stereocenters. The molecule has 0 aliphatic rings. The van der Waals surface area contributed by atoms with Crippen molar-refractivity contribution in [2.75, 3.05) is 7.11 Å². The fourth-order valence-electron chi connectivity index (χ4n) is 2.40. The number of rotatable bonds is 6. The Morgan fingerprint density at radius 1 is 1.20 bits per heavy atom. The molecule has 0 bridgehead atoms. The summed E-state index contributed by atoms with van der Waals surface area (Å²) in [4.78, 5) is 12.3. The van der Waals surface area contributed by atoms with Gasteiger partial charge in [0.1, 0.15) is 5.75 Å². The van der Waals surface area contributed by atoms with E-state index >= 15 is 0 Å². The third-order valence-corrected chi connectivity index (χ3v) is 4.17. The Morgan fingerprint density at radius 2 is 1.96 bits per heavy atom. The Morgan fingerprint density at radius 3 is 2.68 bits per heavy atom. The van der Waals surface area contributed by atoms with Crippen LogP contribution in [0.25, 0.3) is 0 Å². The Balaban J connectivity index is 1.59. The van der Waals surface area contributed by atoms with Gasteiger partial charge in [0, 0.05) is 17.8 Å². The molecule has 5 nitrogen and oxygen atoms in total. The summed E-state index contributed by atoms with van der Waals surface area (Å²) in [5.74, 6) is 0.622. The van der Waals surface area contributed by atoms with Crippen LogP contribution in [0.3, 0.4) is 0 Å². The minimum absolute atomic E-state index is 0.166. The first-order valence-electron chi connectivity index (χ1n) is 7.82. The van der Waals surface area contributed by atoms with Crippen LogP contribution in [0.5, 0.6) is 5.75 Å². The van der Waals surface area contributed by atoms with Crippen molar-refractivity contribution >= 4 is 17.5 Å². The summed E-state index contributed by atoms with van der Waals surface area (Å²) in [6.45, 7) is 0.962. The van der Waals surface area contributed by atoms with Crippen LogP contribution < -0.4 is 10.1 Å². The molecule has 128 valence electrons. The molecule has 3 aromatic rings. The number of carbonyl (C=O) groups is 1. The van der Waals surface area contributed by atoms with Gasteiger partial charge in [0.25, 0.3) is 5.91 Å². The van der Waals surface area contributed by atoms with Crippen molar-refractivity contribution in [1.29, 1.82) is 0 Å². The summed E-state index contributed by atoms with van der Waals surface area (Å²) in [6.07, 6.45) is 3.27. The minimum Gasteiger partial charge on any atom is -0.497 e. The predicted octanol–water partition coefficient (Wildman–Crippen LogP) is 3.52. The highest BCUT2D eigenvalue weighted by Crippen LogP contribution is 2.16. The molecular formula is C19H18ClN3O2. The Hall–Kier alpha value is -2.79. The maximum atomic E-state index is 12.3. The number of amides is 1. The molecule has 0 fully saturated rings. The topological polar surface area (TPSA) is 56.1 Å². The van der Waals surface area contributed by atoms with Gasteiger partial charge < -0.3 is 10.1 Å². The highest BCUT2D eigenvalue weighted by Gasteiger charge is 2.09. The number of carbonyl (C=O) groups excluding carboxylic acids is 1. The number of hydrogen-bond donors (Lipinski definition) is 1. The van der Waals surface area contributed by atoms with Crippen molar-refractivity contribution in [3.8, 4) is 5.75 Å². The van der Waals surface area contributed by atoms with Gasteiger partial charge in [-0.2, -0.15) is 5.10 Å². The van der Waals surface area contributed by atoms with E-state index in [0.717, 1.165) is 16.9 Å². The summed E-state index contributed by atoms with van der Waals surface area (Å²) >= 11 is 6.15. The number of methoxy groups -OCH3 is 1. The summed E-state index contributed by atoms with van der Waals surface area (Å²) < 4.78 is 6.81. The van der Waals surface area contributed by atoms with Gasteiger partial charge in [0.2, 0.25) is 0 Å². The molecule has 2 aromatic carbocycles. The SMILES string of the molecule is COc1ccc(CNC(=O)c2cnn(Cc3ccccc3Cl)c2)cc1. The van der Waals surface area contributed by atoms with Crippen molar-refractivity contribution < 1.29 is 9.53 Å². The monoisotopic (exact) mass is 355 g/mol. The van der Waals surface area contributed by atoms with Crippen LogP contribution in [0, 0.1) is 0 Å². The molecule has 1 heterocycles. The van der Waals surface area contributed by atoms with Crippen LogP contribution >= 0.6 is 11.6 Å². The lowest BCUT2D eigenvalue weighted by atomic mass is 10.2. The highest BCUT2D eigenvalue weighted by molar-refractivity contribution is 6.31. The molecule has 0 aliphatic carbocycles. The zero-order chi connectivity index (χ0) is 17.6. The van der Waals surface area contributed by atoms with Crippen molar-refractivity contribution in [3.63, 3.8) is 0 Å². The van der Waals surface area contributed by atoms with Gasteiger partial charge >= 0.3 is 0 Å². The maximum absolute atomic E-state index is 12.3. The van der Waals surface area contributed by atoms with Crippen molar-refractivity contribution in [2.45, 2.75) is 13.1 Å². The molecule has 0 radical (unpaired) electrons. The number of nitrogens with one attached hydrogen (secondary N) is 1. The molecular weight excluding hydrogens is 338 g/mol. The van der Waals surface area contributed by atoms with E-state index in [4.69, 9.17) is 16.3 Å². The largest absolute Gasteiger partial charge is 0.497 e. The zero-order valence-electron chi connectivity index (χ0n) is 13.8. The van der Waals surface area contributed by atoms with Gasteiger partial charge in [0.15, 0.2) is 0 Å². The van der Waals surface area contributed by atoms with E-state index in [1.54, 1.807) is 24.2 Å². The van der Waals surface area contributed by atoms with Crippen LogP contribution in [-0.2, 0) is 13.1 Å². The maximum Gasteiger partial charge on any atom is 0.254 e. The third kappa shape index (κ3) is 4.39. The molecule has 6 heteroatoms. The van der Waals surface area contributed by atoms with Crippen LogP contribution in [0.1, 0.15) is 21.5 Å². The number of hydrogen-bond acceptors (Lipinski definition) is 3. The summed E-state index contributed by atoms with van der Waals surface area (Å²) in [5, 5.41) is 7.80. The standard InChI is InChI=1S/C19H18ClN3O2/c1-25-17-8-6-14(7-9-17)10-21-19(24)16-11-22-23(13-16)12-15-4-2-3-5-18(15)20/h2-9,11,13H,10,12H2,1H3,(H,21,24). The van der Waals surface area contributed by atoms with Crippen molar-refractivity contribution in [3.05, 3.63) is 82.6 Å². The molecule has 0 unspecified atom stereocenters. The summed E-state index contributed by atoms with van der Waals surface area (Å²) in [7, 11) is 1.62. The third-order valence-electron chi connectivity index (χ3n) is 3.80. The molecule has 0 saturated carbocycles. The fraction of sp³-hybridized carbons (Fsp3) is 0.158. The molecule has 1 amide bonds. The molecule has 3 rings (SSSR count). The van der Waals surface area contributed by atoms with Crippen LogP contribution in [0.2, 0.25) is 5.02 Å². The number of ether oxygens (including phenoxy) is 1. The van der Waals surface area contributed by atoms with Crippen LogP contribution in [-0.4, -0.2) is 22.8 Å². The second-order valence-electron chi connectivity index (χ2n) is 5.55. The van der Waals surface area contributed by atoms with E-state index in [1.807, 2.05) is 48.5 Å². The van der Waals surface area contributed by atoms with E-state index in [-0.39, 0.29) is 5.91 Å². The summed E-state index contributed by atoms with van der Waals surface area (Å²) in [6, 6.07) is 15.1. The number of nitrogens with zero attached hydrogens (tertiary/aromatic N) is 2. The second kappa shape index (κ2) is 7.85. The number of halogens is 1. The Bertz CT molecular complexity index is 859. The minimum atomic E-state index is -0.166. The molecule has 0 spiro atoms. The van der Waals surface area contributed by atoms with Gasteiger partial charge in [0.05, 0.1) is 25.4 Å². The summed E-state index contributed by atoms with van der Waals surface area (Å²) in [5.41, 5.74) is 2.47. The van der Waals surface area contributed by atoms with Gasteiger partial charge in [-0.05, 0) is 29.3 Å². The highest BCUT2D eigenvalue weighted by atomic mass is 35.5. The lowest BCUT2D eigenvalue weighted by molar-refractivity contribution is 0.0951. The smallest absolute Gasteiger partial charge is 0.254 e. The van der Waals surface area contributed by atoms with Crippen molar-refractivity contribution in [2.24, 2.45) is 0 Å². The zero-order valence-corrected chi connectivity index (χ0v) is 14.5. The lowest BCUT2D eigenvalue weighted by Crippen LogP contribution is -2.22. The molecule has 0 aliphatic heterocycles. The average molecular weight is 356 g/mol. The van der Waals surface area contributed by atoms with Crippen LogP contribution in [0.4, 0.5) is 0 Å². The Kier molecular flexibility index (Phi) is 5.36. The molecule has 1 aromatic heterocycles. The molecule has 0 saturated heterocycles. The molecule has 25 heavy (non-hydrogen) atoms. The fourth-order valence-corrected chi connectivity index (χ4v) is 2.59. The first-order valence-corrected chi connectivity index (χ1v) is 8.20. The quantitative estimate of drug-likeness (QED) is 0.736. The number of aromatic nitrogens is 2. The van der Waals surface area contributed by atoms with E-state index in [9.17, 15) is 4.79 Å². The number of benzene rings is 2. The van der Waals surface area contributed by atoms with E-state index in [0.29, 0.717) is 23.7 Å². The van der Waals surface area contributed by atoms with E-state index in [2.05, 4.69) is 10.4 Å². The first-order chi connectivity index (χ1) is 12.2. The van der Waals surface area contributed by atoms with Gasteiger partial charge in [-0.3, -0.25) is 9.48 Å². The first kappa shape index (κ1) is 17.0. The van der Waals surface area contributed by atoms with E-state index < -0.39 is 0 Å². The normalized spacial score (nSPS) is 10.5. The predicted molar refractivity (Wildman–Crippen MR) is 96.9 cm³/mol. The van der Waals surface area contributed by atoms with Gasteiger partial charge in [-0.15, -0.1) is 0 Å². The average Bonchev–Trinajstić information content (AvgIpc) is 3.11. The Labute approximate surface area is 151 Å². The lowest BCUT2D eigenvalue weighted by Gasteiger charge is -2.05.